The molecule has 2 radical (unpaired) electrons. The van der Waals surface area contributed by atoms with Crippen molar-refractivity contribution >= 4 is 28.8 Å². The van der Waals surface area contributed by atoms with Crippen LogP contribution in [0.15, 0.2) is 0 Å². The van der Waals surface area contributed by atoms with E-state index >= 15 is 0 Å². The third-order valence-corrected chi connectivity index (χ3v) is 1.69. The zero-order chi connectivity index (χ0) is 4.83. The Morgan fingerprint density at radius 3 is 2.50 bits per heavy atom. The number of hydrogen-bond donors (Lipinski definition) is 0. The summed E-state index contributed by atoms with van der Waals surface area (Å²) in [7, 11) is 0. The van der Waals surface area contributed by atoms with E-state index in [1.54, 1.807) is 0 Å². The van der Waals surface area contributed by atoms with Crippen LogP contribution in [-0.2, 0) is 4.79 Å². The van der Waals surface area contributed by atoms with Crippen molar-refractivity contribution in [1.29, 1.82) is 0 Å². The topological polar surface area (TPSA) is 17.1 Å². The minimum atomic E-state index is 0.765. The van der Waals surface area contributed by atoms with Crippen molar-refractivity contribution in [3.8, 4) is 0 Å². The van der Waals surface area contributed by atoms with Gasteiger partial charge < -0.3 is 0 Å². The average Bonchev–Trinajstić information content (AvgIpc) is 1.61. The first-order valence-electron chi connectivity index (χ1n) is 2.05. The van der Waals surface area contributed by atoms with Gasteiger partial charge in [-0.3, -0.25) is 0 Å². The van der Waals surface area contributed by atoms with Gasteiger partial charge in [-0.2, -0.15) is 0 Å². The van der Waals surface area contributed by atoms with Crippen molar-refractivity contribution in [3.05, 3.63) is 0 Å². The Kier molecular flexibility index (Phi) is 5.90. The first-order chi connectivity index (χ1) is 2.91. The monoisotopic (exact) mass is 192 g/mol. The number of rotatable bonds is 3. The molecule has 0 N–H and O–H groups in total. The molecule has 0 aliphatic carbocycles. The van der Waals surface area contributed by atoms with Gasteiger partial charge in [0.15, 0.2) is 0 Å². The van der Waals surface area contributed by atoms with Crippen molar-refractivity contribution in [2.24, 2.45) is 0 Å². The molecule has 0 saturated carbocycles. The average molecular weight is 191 g/mol. The molecule has 0 bridgehead atoms. The molecular formula is C4H8OSn. The van der Waals surface area contributed by atoms with Gasteiger partial charge >= 0.3 is 50.9 Å². The summed E-state index contributed by atoms with van der Waals surface area (Å²) in [6.07, 6.45) is 2.85. The molecule has 0 aromatic rings. The van der Waals surface area contributed by atoms with E-state index in [2.05, 4.69) is 0 Å². The predicted molar refractivity (Wildman–Crippen MR) is 27.3 cm³/mol. The molecule has 6 heavy (non-hydrogen) atoms. The zero-order valence-corrected chi connectivity index (χ0v) is 6.98. The Labute approximate surface area is 51.2 Å². The van der Waals surface area contributed by atoms with Gasteiger partial charge in [-0.05, 0) is 0 Å². The van der Waals surface area contributed by atoms with Crippen LogP contribution in [0.2, 0.25) is 4.44 Å². The molecule has 0 aromatic heterocycles. The van der Waals surface area contributed by atoms with Gasteiger partial charge in [-0.1, -0.05) is 0 Å². The molecule has 0 aromatic carbocycles. The molecule has 0 aliphatic rings. The molecule has 0 fully saturated rings. The first-order valence-corrected chi connectivity index (χ1v) is 4.38. The van der Waals surface area contributed by atoms with Crippen LogP contribution in [0.1, 0.15) is 12.8 Å². The zero-order valence-electron chi connectivity index (χ0n) is 3.68. The molecule has 0 unspecified atom stereocenters. The van der Waals surface area contributed by atoms with E-state index in [4.69, 9.17) is 0 Å². The van der Waals surface area contributed by atoms with E-state index in [1.807, 2.05) is 0 Å². The van der Waals surface area contributed by atoms with Crippen LogP contribution in [0, 0.1) is 0 Å². The quantitative estimate of drug-likeness (QED) is 0.355. The molecule has 0 spiro atoms. The third-order valence-electron chi connectivity index (χ3n) is 0.526. The summed E-state index contributed by atoms with van der Waals surface area (Å²) in [5.41, 5.74) is 0. The van der Waals surface area contributed by atoms with E-state index < -0.39 is 0 Å². The molecule has 0 saturated heterocycles. The molecule has 1 nitrogen and oxygen atoms in total. The van der Waals surface area contributed by atoms with Gasteiger partial charge in [-0.15, -0.1) is 0 Å². The van der Waals surface area contributed by atoms with Crippen LogP contribution in [0.25, 0.3) is 0 Å². The molecule has 0 aliphatic heterocycles. The van der Waals surface area contributed by atoms with Crippen molar-refractivity contribution in [2.75, 3.05) is 0 Å². The first kappa shape index (κ1) is 6.47. The van der Waals surface area contributed by atoms with Crippen molar-refractivity contribution in [2.45, 2.75) is 17.3 Å². The SMILES string of the molecule is O=CCC[CH2][SnH]. The molecular weight excluding hydrogens is 183 g/mol. The van der Waals surface area contributed by atoms with Crippen LogP contribution in [0.5, 0.6) is 0 Å². The van der Waals surface area contributed by atoms with Gasteiger partial charge in [0.05, 0.1) is 0 Å². The van der Waals surface area contributed by atoms with Crippen molar-refractivity contribution < 1.29 is 4.79 Å². The Bertz CT molecular complexity index is 36.5. The van der Waals surface area contributed by atoms with Crippen LogP contribution in [0.3, 0.4) is 0 Å². The number of hydrogen-bond acceptors (Lipinski definition) is 1. The number of unbranched alkanes of at least 4 members (excludes halogenated alkanes) is 1. The summed E-state index contributed by atoms with van der Waals surface area (Å²) < 4.78 is 1.25. The van der Waals surface area contributed by atoms with Crippen LogP contribution >= 0.6 is 0 Å². The Morgan fingerprint density at radius 2 is 2.33 bits per heavy atom. The maximum atomic E-state index is 9.58. The fraction of sp³-hybridized carbons (Fsp3) is 0.750. The summed E-state index contributed by atoms with van der Waals surface area (Å²) in [6.45, 7) is 0. The Hall–Kier alpha value is 0.469. The van der Waals surface area contributed by atoms with E-state index in [1.165, 1.54) is 27.0 Å². The summed E-state index contributed by atoms with van der Waals surface area (Å²) in [5, 5.41) is 0. The normalized spacial score (nSPS) is 8.17. The van der Waals surface area contributed by atoms with Crippen molar-refractivity contribution in [1.82, 2.24) is 0 Å². The number of carbonyl (C=O) groups is 1. The van der Waals surface area contributed by atoms with E-state index in [0.29, 0.717) is 0 Å². The molecule has 0 atom stereocenters. The second-order valence-electron chi connectivity index (χ2n) is 1.10. The third kappa shape index (κ3) is 4.47. The van der Waals surface area contributed by atoms with Crippen LogP contribution in [-0.4, -0.2) is 28.8 Å². The predicted octanol–water partition coefficient (Wildman–Crippen LogP) is 0.285. The fourth-order valence-corrected chi connectivity index (χ4v) is 0.874. The molecule has 0 rings (SSSR count). The van der Waals surface area contributed by atoms with Gasteiger partial charge in [0.1, 0.15) is 0 Å². The minimum absolute atomic E-state index is 0.765. The Morgan fingerprint density at radius 1 is 1.67 bits per heavy atom. The fourth-order valence-electron chi connectivity index (χ4n) is 0.201. The number of aldehydes is 1. The summed E-state index contributed by atoms with van der Waals surface area (Å²) in [6, 6.07) is 0. The van der Waals surface area contributed by atoms with Gasteiger partial charge in [0.2, 0.25) is 0 Å². The summed E-state index contributed by atoms with van der Waals surface area (Å²) in [4.78, 5) is 9.58. The van der Waals surface area contributed by atoms with E-state index in [9.17, 15) is 4.79 Å². The Balaban J connectivity index is 2.49. The molecule has 2 heteroatoms. The molecule has 0 heterocycles. The van der Waals surface area contributed by atoms with Gasteiger partial charge in [0.25, 0.3) is 0 Å². The summed E-state index contributed by atoms with van der Waals surface area (Å²) in [5.74, 6) is 0. The van der Waals surface area contributed by atoms with Gasteiger partial charge in [0, 0.05) is 0 Å². The molecule has 0 amide bonds. The van der Waals surface area contributed by atoms with Gasteiger partial charge in [-0.25, -0.2) is 0 Å². The summed E-state index contributed by atoms with van der Waals surface area (Å²) >= 11 is 1.30. The van der Waals surface area contributed by atoms with E-state index in [-0.39, 0.29) is 0 Å². The second-order valence-corrected chi connectivity index (χ2v) is 2.75. The standard InChI is InChI=1S/C4H7O.Sn.H/c1-2-3-4-5;;/h4H,1-3H2;;. The van der Waals surface area contributed by atoms with Crippen LogP contribution < -0.4 is 0 Å². The maximum absolute atomic E-state index is 9.58. The second kappa shape index (κ2) is 5.47. The molecule has 34 valence electrons. The number of carbonyl (C=O) groups excluding carboxylic acids is 1. The van der Waals surface area contributed by atoms with Crippen LogP contribution in [0.4, 0.5) is 0 Å². The van der Waals surface area contributed by atoms with Crippen molar-refractivity contribution in [3.63, 3.8) is 0 Å². The van der Waals surface area contributed by atoms with E-state index in [0.717, 1.165) is 19.1 Å².